The number of aromatic nitrogens is 4. The van der Waals surface area contributed by atoms with Crippen LogP contribution in [0, 0.1) is 11.8 Å². The number of benzene rings is 3. The number of methoxy groups -OCH3 is 1. The van der Waals surface area contributed by atoms with Crippen molar-refractivity contribution in [3.8, 4) is 28.7 Å². The minimum Gasteiger partial charge on any atom is -0.495 e. The Hall–Kier alpha value is -8.16. The van der Waals surface area contributed by atoms with Crippen molar-refractivity contribution >= 4 is 63.2 Å². The van der Waals surface area contributed by atoms with Gasteiger partial charge in [0, 0.05) is 98.5 Å². The second kappa shape index (κ2) is 23.7. The summed E-state index contributed by atoms with van der Waals surface area (Å²) >= 11 is 0. The van der Waals surface area contributed by atoms with E-state index in [-0.39, 0.29) is 49.6 Å². The van der Waals surface area contributed by atoms with Gasteiger partial charge >= 0.3 is 12.0 Å². The van der Waals surface area contributed by atoms with Crippen LogP contribution in [0.15, 0.2) is 90.0 Å². The molecule has 0 spiro atoms. The minimum absolute atomic E-state index is 0.00616. The van der Waals surface area contributed by atoms with E-state index in [0.29, 0.717) is 46.7 Å². The zero-order chi connectivity index (χ0) is 56.1. The number of aryl methyl sites for hydroxylation is 1. The summed E-state index contributed by atoms with van der Waals surface area (Å²) in [4.78, 5) is 95.5. The number of amides is 5. The summed E-state index contributed by atoms with van der Waals surface area (Å²) < 4.78 is 14.1. The molecule has 6 N–H and O–H groups in total. The quantitative estimate of drug-likeness (QED) is 0.0607. The molecule has 10 rings (SSSR count). The number of aliphatic carboxylic acids is 1. The number of likely N-dealkylation sites (tertiary alicyclic amines) is 1. The van der Waals surface area contributed by atoms with Crippen LogP contribution in [-0.2, 0) is 36.6 Å². The van der Waals surface area contributed by atoms with Gasteiger partial charge < -0.3 is 55.0 Å². The first-order chi connectivity index (χ1) is 38.6. The smallest absolute Gasteiger partial charge is 0.332 e. The molecular weight excluding hydrogens is 1020 g/mol. The number of carbonyl (C=O) groups is 5. The van der Waals surface area contributed by atoms with Crippen LogP contribution in [-0.4, -0.2) is 153 Å². The van der Waals surface area contributed by atoms with Gasteiger partial charge in [-0.2, -0.15) is 0 Å². The van der Waals surface area contributed by atoms with Gasteiger partial charge in [-0.25, -0.2) is 19.7 Å². The van der Waals surface area contributed by atoms with E-state index in [1.807, 2.05) is 54.7 Å². The number of hydrogen-bond acceptors (Lipinski definition) is 14. The molecule has 3 saturated heterocycles. The highest BCUT2D eigenvalue weighted by Gasteiger charge is 2.44. The molecule has 4 fully saturated rings. The van der Waals surface area contributed by atoms with Crippen LogP contribution in [0.3, 0.4) is 0 Å². The highest BCUT2D eigenvalue weighted by atomic mass is 16.5. The fourth-order valence-electron chi connectivity index (χ4n) is 11.0. The van der Waals surface area contributed by atoms with Crippen molar-refractivity contribution in [1.82, 2.24) is 45.3 Å². The number of ether oxygens (including phenoxy) is 2. The summed E-state index contributed by atoms with van der Waals surface area (Å²) in [6.07, 6.45) is 8.50. The summed E-state index contributed by atoms with van der Waals surface area (Å²) in [6, 6.07) is 22.9. The van der Waals surface area contributed by atoms with E-state index in [2.05, 4.69) is 55.6 Å². The molecule has 3 aliphatic heterocycles. The number of pyridine rings is 1. The number of nitrogens with zero attached hydrogens (tertiary/aromatic N) is 7. The second-order valence-corrected chi connectivity index (χ2v) is 21.3. The molecule has 3 aromatic heterocycles. The number of hydrogen-bond donors (Lipinski definition) is 6. The SMILES string of the molecule is COc1ccc(C#CCNC2(C)CCN(C3CCN(c4nc([C@@](CO)(OC5CC5)c5ccccc5)c5cc(-c6cn(C)c(=O)c7[nH]ccc67)ccc5n4)CC3)CC2)cc1N1CCC(=O)N(CNC(=O)CNC(=O)CCC(=O)O)C1=O. The van der Waals surface area contributed by atoms with Crippen LogP contribution >= 0.6 is 0 Å². The monoisotopic (exact) mass is 1090 g/mol. The van der Waals surface area contributed by atoms with Gasteiger partial charge in [0.2, 0.25) is 23.7 Å². The first kappa shape index (κ1) is 55.2. The Morgan fingerprint density at radius 2 is 1.66 bits per heavy atom. The van der Waals surface area contributed by atoms with Crippen LogP contribution in [0.2, 0.25) is 0 Å². The number of piperidine rings is 2. The first-order valence-electron chi connectivity index (χ1n) is 27.3. The van der Waals surface area contributed by atoms with Crippen molar-refractivity contribution in [3.63, 3.8) is 0 Å². The van der Waals surface area contributed by atoms with E-state index in [4.69, 9.17) is 24.5 Å². The van der Waals surface area contributed by atoms with Crippen molar-refractivity contribution in [2.24, 2.45) is 7.05 Å². The molecule has 1 atom stereocenters. The van der Waals surface area contributed by atoms with Crippen molar-refractivity contribution in [3.05, 3.63) is 112 Å². The normalized spacial score (nSPS) is 17.7. The van der Waals surface area contributed by atoms with Crippen LogP contribution < -0.4 is 36.0 Å². The largest absolute Gasteiger partial charge is 0.495 e. The second-order valence-electron chi connectivity index (χ2n) is 21.3. The zero-order valence-electron chi connectivity index (χ0n) is 45.3. The fraction of sp³-hybridized carbons (Fsp3) is 0.424. The lowest BCUT2D eigenvalue weighted by Crippen LogP contribution is -2.56. The van der Waals surface area contributed by atoms with Gasteiger partial charge in [-0.05, 0) is 93.0 Å². The van der Waals surface area contributed by atoms with Crippen molar-refractivity contribution < 1.29 is 43.7 Å². The molecule has 1 saturated carbocycles. The topological polar surface area (TPSA) is 257 Å². The third-order valence-electron chi connectivity index (χ3n) is 15.9. The van der Waals surface area contributed by atoms with Crippen molar-refractivity contribution in [1.29, 1.82) is 0 Å². The van der Waals surface area contributed by atoms with Gasteiger partial charge in [-0.1, -0.05) is 48.2 Å². The van der Waals surface area contributed by atoms with Gasteiger partial charge in [0.05, 0.1) is 56.2 Å². The Morgan fingerprint density at radius 3 is 2.39 bits per heavy atom. The predicted molar refractivity (Wildman–Crippen MR) is 300 cm³/mol. The van der Waals surface area contributed by atoms with Gasteiger partial charge in [-0.3, -0.25) is 28.9 Å². The number of anilines is 2. The highest BCUT2D eigenvalue weighted by molar-refractivity contribution is 6.06. The summed E-state index contributed by atoms with van der Waals surface area (Å²) in [6.45, 7) is 4.95. The number of H-pyrrole nitrogens is 1. The molecule has 0 bridgehead atoms. The Kier molecular flexibility index (Phi) is 16.3. The maximum Gasteiger partial charge on any atom is 0.332 e. The molecule has 21 heteroatoms. The van der Waals surface area contributed by atoms with Gasteiger partial charge in [0.25, 0.3) is 5.56 Å². The Balaban J connectivity index is 0.772. The lowest BCUT2D eigenvalue weighted by Gasteiger charge is -2.45. The van der Waals surface area contributed by atoms with Gasteiger partial charge in [-0.15, -0.1) is 0 Å². The number of carboxylic acid groups (broad SMARTS) is 1. The van der Waals surface area contributed by atoms with E-state index < -0.39 is 48.5 Å². The van der Waals surface area contributed by atoms with Gasteiger partial charge in [0.1, 0.15) is 17.9 Å². The standard InChI is InChI=1S/C59H67N11O10/c1-58(63-25-7-8-38-11-16-48(79-3)47(32-38)69-29-22-51(74)70(57(69)78)37-62-50(73)34-61-49(72)17-18-52(75)76)23-30-67(31-24-58)41-20-27-68(28-21-41)56-64-46-15-12-39(45-35-66(2)55(77)53-43(45)19-26-60-53)33-44(46)54(65-56)59(36-71,80-42-13-14-42)40-9-5-4-6-10-40/h4-6,9-12,15-16,19,26,32-33,35,41-42,60,63,71H,13-14,17-18,20-25,27-31,34,36-37H2,1-3H3,(H,61,72)(H,62,73)(H,75,76)/t59-/m0/s1. The Labute approximate surface area is 462 Å². The number of fused-ring (bicyclic) bond motifs is 2. The molecule has 6 aromatic rings. The number of aliphatic hydroxyl groups excluding tert-OH is 1. The molecule has 3 aromatic carbocycles. The molecule has 21 nitrogen and oxygen atoms in total. The average molecular weight is 1090 g/mol. The third-order valence-corrected chi connectivity index (χ3v) is 15.9. The Bertz CT molecular complexity index is 3440. The zero-order valence-corrected chi connectivity index (χ0v) is 45.3. The predicted octanol–water partition coefficient (Wildman–Crippen LogP) is 4.58. The van der Waals surface area contributed by atoms with Crippen LogP contribution in [0.1, 0.15) is 81.5 Å². The molecule has 80 heavy (non-hydrogen) atoms. The molecule has 5 amide bonds. The number of rotatable bonds is 19. The van der Waals surface area contributed by atoms with E-state index in [1.54, 1.807) is 36.0 Å². The maximum absolute atomic E-state index is 13.7. The molecule has 6 heterocycles. The summed E-state index contributed by atoms with van der Waals surface area (Å²) in [5, 5.41) is 30.4. The minimum atomic E-state index is -1.26. The number of nitrogens with one attached hydrogen (secondary N) is 4. The molecular formula is C59H67N11O10. The summed E-state index contributed by atoms with van der Waals surface area (Å²) in [5.41, 5.74) is 4.04. The van der Waals surface area contributed by atoms with E-state index >= 15 is 0 Å². The number of carbonyl (C=O) groups excluding carboxylic acids is 4. The molecule has 4 aliphatic rings. The maximum atomic E-state index is 13.7. The third kappa shape index (κ3) is 11.9. The molecule has 418 valence electrons. The number of imide groups is 1. The van der Waals surface area contributed by atoms with E-state index in [9.17, 15) is 33.9 Å². The lowest BCUT2D eigenvalue weighted by molar-refractivity contribution is -0.138. The summed E-state index contributed by atoms with van der Waals surface area (Å²) in [7, 11) is 3.24. The highest BCUT2D eigenvalue weighted by Crippen LogP contribution is 2.44. The molecule has 0 unspecified atom stereocenters. The number of carboxylic acids is 1. The van der Waals surface area contributed by atoms with Gasteiger partial charge in [0.15, 0.2) is 5.60 Å². The van der Waals surface area contributed by atoms with Crippen LogP contribution in [0.4, 0.5) is 16.4 Å². The lowest BCUT2D eigenvalue weighted by atomic mass is 9.87. The van der Waals surface area contributed by atoms with Crippen LogP contribution in [0.25, 0.3) is 32.9 Å². The average Bonchev–Trinajstić information content (AvgIpc) is 4.18. The number of urea groups is 1. The molecule has 1 aliphatic carbocycles. The summed E-state index contributed by atoms with van der Waals surface area (Å²) in [5.74, 6) is 4.59. The first-order valence-corrected chi connectivity index (χ1v) is 27.3. The Morgan fingerprint density at radius 1 is 0.887 bits per heavy atom. The van der Waals surface area contributed by atoms with Crippen molar-refractivity contribution in [2.75, 3.05) is 76.0 Å². The van der Waals surface area contributed by atoms with Crippen molar-refractivity contribution in [2.45, 2.75) is 88.0 Å². The van der Waals surface area contributed by atoms with Crippen LogP contribution in [0.5, 0.6) is 5.75 Å². The molecule has 0 radical (unpaired) electrons. The number of aromatic amines is 1. The fourth-order valence-corrected chi connectivity index (χ4v) is 11.0. The van der Waals surface area contributed by atoms with E-state index in [1.165, 1.54) is 12.0 Å². The van der Waals surface area contributed by atoms with E-state index in [0.717, 1.165) is 103 Å². The number of aliphatic hydroxyl groups is 1.